The Hall–Kier alpha value is -0.870. The molecule has 1 aliphatic rings. The fourth-order valence-corrected chi connectivity index (χ4v) is 2.87. The van der Waals surface area contributed by atoms with Gasteiger partial charge < -0.3 is 10.6 Å². The van der Waals surface area contributed by atoms with Gasteiger partial charge in [-0.2, -0.15) is 5.10 Å². The average Bonchev–Trinajstić information content (AvgIpc) is 2.69. The highest BCUT2D eigenvalue weighted by Gasteiger charge is 2.25. The van der Waals surface area contributed by atoms with Gasteiger partial charge in [-0.25, -0.2) is 0 Å². The zero-order valence-electron chi connectivity index (χ0n) is 11.9. The lowest BCUT2D eigenvalue weighted by Gasteiger charge is -2.20. The third-order valence-corrected chi connectivity index (χ3v) is 3.78. The Bertz CT molecular complexity index is 395. The summed E-state index contributed by atoms with van der Waals surface area (Å²) < 4.78 is 2.22. The fraction of sp³-hybridized carbons (Fsp3) is 0.786. The quantitative estimate of drug-likeness (QED) is 0.866. The van der Waals surface area contributed by atoms with Gasteiger partial charge >= 0.3 is 0 Å². The van der Waals surface area contributed by atoms with Gasteiger partial charge in [-0.3, -0.25) is 4.68 Å². The third-order valence-electron chi connectivity index (χ3n) is 3.78. The first kappa shape index (κ1) is 13.6. The van der Waals surface area contributed by atoms with E-state index in [-0.39, 0.29) is 6.04 Å². The average molecular weight is 250 g/mol. The molecule has 4 heteroatoms. The molecule has 0 amide bonds. The monoisotopic (exact) mass is 250 g/mol. The molecule has 2 N–H and O–H groups in total. The van der Waals surface area contributed by atoms with Gasteiger partial charge in [-0.15, -0.1) is 0 Å². The van der Waals surface area contributed by atoms with Crippen molar-refractivity contribution in [2.45, 2.75) is 51.6 Å². The number of hydrogen-bond donors (Lipinski definition) is 1. The van der Waals surface area contributed by atoms with Crippen molar-refractivity contribution in [1.29, 1.82) is 0 Å². The molecule has 4 nitrogen and oxygen atoms in total. The van der Waals surface area contributed by atoms with Crippen LogP contribution in [-0.2, 0) is 19.4 Å². The molecule has 0 aromatic carbocycles. The maximum absolute atomic E-state index is 6.25. The van der Waals surface area contributed by atoms with E-state index in [9.17, 15) is 0 Å². The topological polar surface area (TPSA) is 47.1 Å². The summed E-state index contributed by atoms with van der Waals surface area (Å²) in [5.41, 5.74) is 10.2. The Balaban J connectivity index is 2.15. The number of hydrogen-bond acceptors (Lipinski definition) is 3. The molecule has 102 valence electrons. The molecule has 0 radical (unpaired) electrons. The molecule has 0 spiro atoms. The minimum atomic E-state index is 0.214. The van der Waals surface area contributed by atoms with E-state index >= 15 is 0 Å². The minimum absolute atomic E-state index is 0.214. The maximum Gasteiger partial charge on any atom is 0.0672 e. The summed E-state index contributed by atoms with van der Waals surface area (Å²) in [5, 5.41) is 4.78. The van der Waals surface area contributed by atoms with Crippen LogP contribution < -0.4 is 5.73 Å². The van der Waals surface area contributed by atoms with Crippen molar-refractivity contribution in [2.24, 2.45) is 5.73 Å². The summed E-state index contributed by atoms with van der Waals surface area (Å²) in [5.74, 6) is 0. The summed E-state index contributed by atoms with van der Waals surface area (Å²) in [6.45, 7) is 4.31. The molecular formula is C14H26N4. The fourth-order valence-electron chi connectivity index (χ4n) is 2.87. The Morgan fingerprint density at radius 2 is 2.22 bits per heavy atom. The van der Waals surface area contributed by atoms with E-state index in [1.54, 1.807) is 0 Å². The molecule has 1 aromatic rings. The number of aromatic nitrogens is 2. The molecule has 0 saturated carbocycles. The lowest BCUT2D eigenvalue weighted by atomic mass is 9.91. The van der Waals surface area contributed by atoms with Crippen molar-refractivity contribution in [2.75, 3.05) is 20.6 Å². The molecule has 1 heterocycles. The molecule has 2 rings (SSSR count). The first-order valence-corrected chi connectivity index (χ1v) is 7.12. The molecule has 0 saturated heterocycles. The highest BCUT2D eigenvalue weighted by atomic mass is 15.3. The smallest absolute Gasteiger partial charge is 0.0672 e. The number of rotatable bonds is 5. The van der Waals surface area contributed by atoms with Crippen LogP contribution in [0.25, 0.3) is 0 Å². The van der Waals surface area contributed by atoms with Gasteiger partial charge in [-0.05, 0) is 52.7 Å². The number of fused-ring (bicyclic) bond motifs is 1. The predicted molar refractivity (Wildman–Crippen MR) is 74.6 cm³/mol. The molecule has 1 unspecified atom stereocenters. The first-order valence-electron chi connectivity index (χ1n) is 7.12. The van der Waals surface area contributed by atoms with Crippen molar-refractivity contribution >= 4 is 0 Å². The van der Waals surface area contributed by atoms with Crippen molar-refractivity contribution in [3.05, 3.63) is 17.0 Å². The summed E-state index contributed by atoms with van der Waals surface area (Å²) >= 11 is 0. The molecule has 1 atom stereocenters. The second-order valence-electron chi connectivity index (χ2n) is 5.54. The van der Waals surface area contributed by atoms with Gasteiger partial charge in [0.2, 0.25) is 0 Å². The van der Waals surface area contributed by atoms with Crippen molar-refractivity contribution in [3.63, 3.8) is 0 Å². The molecule has 0 fully saturated rings. The van der Waals surface area contributed by atoms with Crippen LogP contribution in [0.4, 0.5) is 0 Å². The second-order valence-corrected chi connectivity index (χ2v) is 5.54. The van der Waals surface area contributed by atoms with Crippen LogP contribution in [0.5, 0.6) is 0 Å². The zero-order valence-corrected chi connectivity index (χ0v) is 11.9. The lowest BCUT2D eigenvalue weighted by molar-refractivity contribution is 0.376. The summed E-state index contributed by atoms with van der Waals surface area (Å²) in [6, 6.07) is 0.214. The Labute approximate surface area is 110 Å². The van der Waals surface area contributed by atoms with E-state index in [0.29, 0.717) is 0 Å². The van der Waals surface area contributed by atoms with Crippen LogP contribution in [-0.4, -0.2) is 35.3 Å². The lowest BCUT2D eigenvalue weighted by Crippen LogP contribution is -2.20. The van der Waals surface area contributed by atoms with E-state index in [2.05, 4.69) is 30.6 Å². The van der Waals surface area contributed by atoms with Gasteiger partial charge in [0.1, 0.15) is 0 Å². The Morgan fingerprint density at radius 1 is 1.44 bits per heavy atom. The van der Waals surface area contributed by atoms with Crippen molar-refractivity contribution < 1.29 is 0 Å². The number of nitrogens with two attached hydrogens (primary N) is 1. The van der Waals surface area contributed by atoms with E-state index in [4.69, 9.17) is 10.8 Å². The van der Waals surface area contributed by atoms with Crippen LogP contribution >= 0.6 is 0 Å². The highest BCUT2D eigenvalue weighted by Crippen LogP contribution is 2.31. The van der Waals surface area contributed by atoms with Crippen molar-refractivity contribution in [3.8, 4) is 0 Å². The largest absolute Gasteiger partial charge is 0.324 e. The first-order chi connectivity index (χ1) is 8.63. The summed E-state index contributed by atoms with van der Waals surface area (Å²) in [6.07, 6.45) is 5.62. The molecular weight excluding hydrogens is 224 g/mol. The van der Waals surface area contributed by atoms with Crippen LogP contribution in [0.3, 0.4) is 0 Å². The van der Waals surface area contributed by atoms with Gasteiger partial charge in [0, 0.05) is 23.8 Å². The van der Waals surface area contributed by atoms with Crippen molar-refractivity contribution in [1.82, 2.24) is 14.7 Å². The number of aryl methyl sites for hydroxylation is 2. The van der Waals surface area contributed by atoms with E-state index in [1.165, 1.54) is 23.4 Å². The molecule has 18 heavy (non-hydrogen) atoms. The summed E-state index contributed by atoms with van der Waals surface area (Å²) in [4.78, 5) is 2.22. The Kier molecular flexibility index (Phi) is 4.40. The number of nitrogens with zero attached hydrogens (tertiary/aromatic N) is 3. The molecule has 0 bridgehead atoms. The van der Waals surface area contributed by atoms with Gasteiger partial charge in [0.05, 0.1) is 5.69 Å². The Morgan fingerprint density at radius 3 is 2.89 bits per heavy atom. The summed E-state index contributed by atoms with van der Waals surface area (Å²) in [7, 11) is 4.23. The SMILES string of the molecule is CCc1nn(CCCN(C)C)c2c1C(N)CCC2. The molecule has 0 aliphatic heterocycles. The third kappa shape index (κ3) is 2.75. The van der Waals surface area contributed by atoms with Gasteiger partial charge in [0.15, 0.2) is 0 Å². The predicted octanol–water partition coefficient (Wildman–Crippen LogP) is 1.73. The van der Waals surface area contributed by atoms with E-state index < -0.39 is 0 Å². The standard InChI is InChI=1S/C14H26N4/c1-4-12-14-11(15)7-5-8-13(14)18(16-12)10-6-9-17(2)3/h11H,4-10,15H2,1-3H3. The van der Waals surface area contributed by atoms with Gasteiger partial charge in [0.25, 0.3) is 0 Å². The molecule has 1 aromatic heterocycles. The van der Waals surface area contributed by atoms with E-state index in [0.717, 1.165) is 38.8 Å². The zero-order chi connectivity index (χ0) is 13.1. The van der Waals surface area contributed by atoms with Crippen LogP contribution in [0, 0.1) is 0 Å². The minimum Gasteiger partial charge on any atom is -0.324 e. The normalized spacial score (nSPS) is 19.3. The second kappa shape index (κ2) is 5.85. The van der Waals surface area contributed by atoms with E-state index in [1.807, 2.05) is 0 Å². The van der Waals surface area contributed by atoms with Gasteiger partial charge in [-0.1, -0.05) is 6.92 Å². The van der Waals surface area contributed by atoms with Crippen LogP contribution in [0.2, 0.25) is 0 Å². The molecule has 1 aliphatic carbocycles. The maximum atomic E-state index is 6.25. The van der Waals surface area contributed by atoms with Crippen LogP contribution in [0.1, 0.15) is 49.2 Å². The highest BCUT2D eigenvalue weighted by molar-refractivity contribution is 5.32. The van der Waals surface area contributed by atoms with Crippen LogP contribution in [0.15, 0.2) is 0 Å².